The summed E-state index contributed by atoms with van der Waals surface area (Å²) >= 11 is 0. The lowest BCUT2D eigenvalue weighted by Gasteiger charge is -2.43. The molecule has 0 aliphatic carbocycles. The zero-order valence-corrected chi connectivity index (χ0v) is 18.6. The first-order valence-corrected chi connectivity index (χ1v) is 11.4. The van der Waals surface area contributed by atoms with Crippen molar-refractivity contribution < 1.29 is 9.53 Å². The van der Waals surface area contributed by atoms with E-state index in [1.807, 2.05) is 47.4 Å². The summed E-state index contributed by atoms with van der Waals surface area (Å²) in [5.74, 6) is 1.73. The largest absolute Gasteiger partial charge is 0.381 e. The summed E-state index contributed by atoms with van der Waals surface area (Å²) in [5.41, 5.74) is 1.53. The monoisotopic (exact) mass is 444 g/mol. The fraction of sp³-hybridized carbons (Fsp3) is 0.360. The van der Waals surface area contributed by atoms with Gasteiger partial charge in [0, 0.05) is 57.5 Å². The topological polar surface area (TPSA) is 83.5 Å². The second-order valence-corrected chi connectivity index (χ2v) is 8.48. The predicted octanol–water partition coefficient (Wildman–Crippen LogP) is 3.01. The van der Waals surface area contributed by atoms with Gasteiger partial charge in [0.1, 0.15) is 0 Å². The number of nitrogens with one attached hydrogen (secondary N) is 1. The number of piperazine rings is 1. The molecule has 4 heterocycles. The third-order valence-corrected chi connectivity index (χ3v) is 6.58. The molecule has 0 atom stereocenters. The van der Waals surface area contributed by atoms with Crippen LogP contribution in [0.2, 0.25) is 0 Å². The average Bonchev–Trinajstić information content (AvgIpc) is 2.90. The maximum Gasteiger partial charge on any atom is 0.233 e. The second kappa shape index (κ2) is 9.54. The van der Waals surface area contributed by atoms with E-state index in [-0.39, 0.29) is 5.91 Å². The predicted molar refractivity (Wildman–Crippen MR) is 127 cm³/mol. The van der Waals surface area contributed by atoms with Crippen molar-refractivity contribution in [3.63, 3.8) is 0 Å². The van der Waals surface area contributed by atoms with Gasteiger partial charge in [0.05, 0.1) is 5.41 Å². The molecular formula is C25H28N6O2. The van der Waals surface area contributed by atoms with Gasteiger partial charge in [0.2, 0.25) is 5.91 Å². The van der Waals surface area contributed by atoms with E-state index in [1.165, 1.54) is 0 Å². The number of hydrogen-bond donors (Lipinski definition) is 1. The minimum Gasteiger partial charge on any atom is -0.381 e. The summed E-state index contributed by atoms with van der Waals surface area (Å²) in [4.78, 5) is 22.0. The second-order valence-electron chi connectivity index (χ2n) is 8.48. The summed E-state index contributed by atoms with van der Waals surface area (Å²) in [6.45, 7) is 4.06. The Hall–Kier alpha value is -3.52. The van der Waals surface area contributed by atoms with Crippen LogP contribution in [0.1, 0.15) is 18.4 Å². The van der Waals surface area contributed by atoms with Gasteiger partial charge in [-0.1, -0.05) is 30.3 Å². The summed E-state index contributed by atoms with van der Waals surface area (Å²) in [5, 5.41) is 11.9. The number of carbonyl (C=O) groups excluding carboxylic acids is 1. The minimum absolute atomic E-state index is 0.222. The van der Waals surface area contributed by atoms with Crippen LogP contribution in [0, 0.1) is 0 Å². The van der Waals surface area contributed by atoms with Crippen molar-refractivity contribution >= 4 is 23.2 Å². The number of ether oxygens (including phenoxy) is 1. The number of carbonyl (C=O) groups is 1. The van der Waals surface area contributed by atoms with E-state index in [9.17, 15) is 4.79 Å². The molecule has 8 heteroatoms. The van der Waals surface area contributed by atoms with Gasteiger partial charge in [-0.2, -0.15) is 0 Å². The number of amides is 1. The van der Waals surface area contributed by atoms with Crippen molar-refractivity contribution in [1.82, 2.24) is 20.1 Å². The van der Waals surface area contributed by atoms with Crippen molar-refractivity contribution in [2.24, 2.45) is 0 Å². The van der Waals surface area contributed by atoms with Crippen LogP contribution in [-0.4, -0.2) is 65.4 Å². The molecule has 2 fully saturated rings. The van der Waals surface area contributed by atoms with E-state index in [4.69, 9.17) is 4.74 Å². The summed E-state index contributed by atoms with van der Waals surface area (Å²) in [7, 11) is 0. The Kier molecular flexibility index (Phi) is 6.17. The highest BCUT2D eigenvalue weighted by Gasteiger charge is 2.44. The Balaban J connectivity index is 1.23. The number of benzene rings is 1. The Labute approximate surface area is 193 Å². The highest BCUT2D eigenvalue weighted by molar-refractivity contribution is 5.88. The third-order valence-electron chi connectivity index (χ3n) is 6.58. The molecule has 33 heavy (non-hydrogen) atoms. The molecule has 170 valence electrons. The Morgan fingerprint density at radius 3 is 2.27 bits per heavy atom. The first-order valence-electron chi connectivity index (χ1n) is 11.4. The average molecular weight is 445 g/mol. The van der Waals surface area contributed by atoms with Gasteiger partial charge < -0.3 is 19.9 Å². The first-order chi connectivity index (χ1) is 16.2. The van der Waals surface area contributed by atoms with Crippen LogP contribution in [0.25, 0.3) is 0 Å². The highest BCUT2D eigenvalue weighted by atomic mass is 16.5. The van der Waals surface area contributed by atoms with Crippen molar-refractivity contribution in [3.05, 3.63) is 72.6 Å². The zero-order chi connectivity index (χ0) is 22.5. The molecule has 2 aromatic heterocycles. The van der Waals surface area contributed by atoms with Crippen molar-refractivity contribution in [2.45, 2.75) is 18.3 Å². The van der Waals surface area contributed by atoms with Crippen LogP contribution in [0.3, 0.4) is 0 Å². The van der Waals surface area contributed by atoms with Gasteiger partial charge in [-0.05, 0) is 42.7 Å². The van der Waals surface area contributed by atoms with E-state index >= 15 is 0 Å². The fourth-order valence-electron chi connectivity index (χ4n) is 4.69. The molecule has 5 rings (SSSR count). The van der Waals surface area contributed by atoms with Crippen LogP contribution in [0.5, 0.6) is 0 Å². The van der Waals surface area contributed by atoms with Crippen molar-refractivity contribution in [1.29, 1.82) is 0 Å². The number of rotatable bonds is 5. The lowest BCUT2D eigenvalue weighted by molar-refractivity contribution is -0.141. The summed E-state index contributed by atoms with van der Waals surface area (Å²) in [6.07, 6.45) is 4.92. The highest BCUT2D eigenvalue weighted by Crippen LogP contribution is 2.37. The van der Waals surface area contributed by atoms with Gasteiger partial charge in [-0.15, -0.1) is 10.2 Å². The number of nitrogens with zero attached hydrogens (tertiary/aromatic N) is 5. The molecule has 1 aromatic carbocycles. The number of pyridine rings is 1. The van der Waals surface area contributed by atoms with Crippen LogP contribution in [-0.2, 0) is 14.9 Å². The Bertz CT molecular complexity index is 1050. The molecule has 2 aliphatic heterocycles. The normalized spacial score (nSPS) is 18.1. The summed E-state index contributed by atoms with van der Waals surface area (Å²) < 4.78 is 5.60. The van der Waals surface area contributed by atoms with Crippen molar-refractivity contribution in [3.8, 4) is 0 Å². The molecule has 0 bridgehead atoms. The molecule has 0 radical (unpaired) electrons. The van der Waals surface area contributed by atoms with E-state index in [0.717, 1.165) is 43.0 Å². The molecule has 0 saturated carbocycles. The van der Waals surface area contributed by atoms with Crippen LogP contribution >= 0.6 is 0 Å². The van der Waals surface area contributed by atoms with E-state index in [2.05, 4.69) is 37.5 Å². The van der Waals surface area contributed by atoms with Crippen molar-refractivity contribution in [2.75, 3.05) is 49.6 Å². The van der Waals surface area contributed by atoms with Gasteiger partial charge >= 0.3 is 0 Å². The number of aromatic nitrogens is 3. The Morgan fingerprint density at radius 2 is 1.61 bits per heavy atom. The molecule has 1 amide bonds. The number of hydrogen-bond acceptors (Lipinski definition) is 7. The lowest BCUT2D eigenvalue weighted by Crippen LogP contribution is -2.56. The minimum atomic E-state index is -0.484. The maximum atomic E-state index is 13.7. The molecule has 0 unspecified atom stereocenters. The zero-order valence-electron chi connectivity index (χ0n) is 18.6. The van der Waals surface area contributed by atoms with Crippen LogP contribution in [0.4, 0.5) is 17.3 Å². The SMILES string of the molecule is O=C(N1CCN(c2ccc(Nc3ccncc3)nn2)CC1)C1(c2ccccc2)CCOCC1. The molecular weight excluding hydrogens is 416 g/mol. The molecule has 0 spiro atoms. The summed E-state index contributed by atoms with van der Waals surface area (Å²) in [6, 6.07) is 17.8. The van der Waals surface area contributed by atoms with Crippen LogP contribution < -0.4 is 10.2 Å². The van der Waals surface area contributed by atoms with Gasteiger partial charge in [0.15, 0.2) is 11.6 Å². The number of anilines is 3. The smallest absolute Gasteiger partial charge is 0.233 e. The van der Waals surface area contributed by atoms with Gasteiger partial charge in [-0.25, -0.2) is 0 Å². The molecule has 1 N–H and O–H groups in total. The van der Waals surface area contributed by atoms with E-state index in [1.54, 1.807) is 12.4 Å². The van der Waals surface area contributed by atoms with E-state index < -0.39 is 5.41 Å². The molecule has 2 aliphatic rings. The fourth-order valence-corrected chi connectivity index (χ4v) is 4.69. The quantitative estimate of drug-likeness (QED) is 0.648. The maximum absolute atomic E-state index is 13.7. The standard InChI is InChI=1S/C25H28N6O2/c32-24(25(10-18-33-19-11-25)20-4-2-1-3-5-20)31-16-14-30(15-17-31)23-7-6-22(28-29-23)27-21-8-12-26-13-9-21/h1-9,12-13H,10-11,14-19H2,(H,26,27,28). The molecule has 8 nitrogen and oxygen atoms in total. The first kappa shape index (κ1) is 21.3. The van der Waals surface area contributed by atoms with Gasteiger partial charge in [0.25, 0.3) is 0 Å². The Morgan fingerprint density at radius 1 is 0.879 bits per heavy atom. The third kappa shape index (κ3) is 4.52. The van der Waals surface area contributed by atoms with Gasteiger partial charge in [-0.3, -0.25) is 9.78 Å². The van der Waals surface area contributed by atoms with E-state index in [0.29, 0.717) is 32.1 Å². The molecule has 3 aromatic rings. The lowest BCUT2D eigenvalue weighted by atomic mass is 9.73. The molecule has 2 saturated heterocycles. The van der Waals surface area contributed by atoms with Crippen LogP contribution in [0.15, 0.2) is 67.0 Å².